The van der Waals surface area contributed by atoms with Crippen LogP contribution in [0, 0.1) is 0 Å². The molecule has 1 aliphatic rings. The van der Waals surface area contributed by atoms with Crippen LogP contribution in [0.1, 0.15) is 70.0 Å². The zero-order valence-corrected chi connectivity index (χ0v) is 22.5. The number of thioether (sulfide) groups is 1. The third-order valence-electron chi connectivity index (χ3n) is 6.69. The SMILES string of the molecule is CNC(CSC)C(=O)N(c1ccc(C(C)(C)C)cc1)C(C(=O)NC1CCCCC1)c1cccnc1. The van der Waals surface area contributed by atoms with Crippen molar-refractivity contribution >= 4 is 29.3 Å². The van der Waals surface area contributed by atoms with Crippen LogP contribution in [-0.2, 0) is 15.0 Å². The van der Waals surface area contributed by atoms with Crippen LogP contribution in [0.2, 0.25) is 0 Å². The quantitative estimate of drug-likeness (QED) is 0.519. The Balaban J connectivity index is 2.07. The summed E-state index contributed by atoms with van der Waals surface area (Å²) >= 11 is 1.60. The molecule has 35 heavy (non-hydrogen) atoms. The number of anilines is 1. The molecule has 0 spiro atoms. The monoisotopic (exact) mass is 496 g/mol. The smallest absolute Gasteiger partial charge is 0.248 e. The van der Waals surface area contributed by atoms with E-state index >= 15 is 0 Å². The highest BCUT2D eigenvalue weighted by Gasteiger charge is 2.37. The number of nitrogens with zero attached hydrogens (tertiary/aromatic N) is 2. The lowest BCUT2D eigenvalue weighted by Crippen LogP contribution is -2.53. The highest BCUT2D eigenvalue weighted by Crippen LogP contribution is 2.32. The van der Waals surface area contributed by atoms with Crippen molar-refractivity contribution in [1.29, 1.82) is 0 Å². The average molecular weight is 497 g/mol. The van der Waals surface area contributed by atoms with Crippen molar-refractivity contribution in [2.45, 2.75) is 76.4 Å². The maximum absolute atomic E-state index is 14.0. The van der Waals surface area contributed by atoms with Crippen molar-refractivity contribution in [2.75, 3.05) is 24.0 Å². The summed E-state index contributed by atoms with van der Waals surface area (Å²) in [6.07, 6.45) is 10.8. The summed E-state index contributed by atoms with van der Waals surface area (Å²) in [6.45, 7) is 6.49. The molecule has 2 unspecified atom stereocenters. The van der Waals surface area contributed by atoms with Crippen LogP contribution in [0.4, 0.5) is 5.69 Å². The molecule has 0 saturated heterocycles. The second-order valence-corrected chi connectivity index (χ2v) is 11.2. The second kappa shape index (κ2) is 12.5. The van der Waals surface area contributed by atoms with Crippen molar-refractivity contribution in [3.8, 4) is 0 Å². The Bertz CT molecular complexity index is 953. The maximum atomic E-state index is 14.0. The molecular weight excluding hydrogens is 456 g/mol. The molecule has 0 aliphatic heterocycles. The predicted octanol–water partition coefficient (Wildman–Crippen LogP) is 4.85. The van der Waals surface area contributed by atoms with Gasteiger partial charge in [-0.05, 0) is 55.3 Å². The number of carbonyl (C=O) groups is 2. The highest BCUT2D eigenvalue weighted by atomic mass is 32.2. The normalized spacial score (nSPS) is 16.4. The molecule has 6 nitrogen and oxygen atoms in total. The van der Waals surface area contributed by atoms with Crippen molar-refractivity contribution in [2.24, 2.45) is 0 Å². The number of rotatable bonds is 9. The summed E-state index contributed by atoms with van der Waals surface area (Å²) in [5.74, 6) is 0.325. The maximum Gasteiger partial charge on any atom is 0.248 e. The summed E-state index contributed by atoms with van der Waals surface area (Å²) in [5.41, 5.74) is 2.57. The zero-order chi connectivity index (χ0) is 25.4. The minimum atomic E-state index is -0.809. The van der Waals surface area contributed by atoms with Crippen LogP contribution in [0.25, 0.3) is 0 Å². The number of carbonyl (C=O) groups excluding carboxylic acids is 2. The molecular formula is C28H40N4O2S. The van der Waals surface area contributed by atoms with Crippen LogP contribution in [0.15, 0.2) is 48.8 Å². The molecule has 190 valence electrons. The number of hydrogen-bond donors (Lipinski definition) is 2. The Morgan fingerprint density at radius 1 is 1.11 bits per heavy atom. The van der Waals surface area contributed by atoms with Crippen LogP contribution in [0.5, 0.6) is 0 Å². The van der Waals surface area contributed by atoms with Crippen LogP contribution in [0.3, 0.4) is 0 Å². The Labute approximate surface area is 214 Å². The first-order valence-electron chi connectivity index (χ1n) is 12.6. The third kappa shape index (κ3) is 7.07. The number of pyridine rings is 1. The molecule has 1 saturated carbocycles. The van der Waals surface area contributed by atoms with Gasteiger partial charge in [-0.15, -0.1) is 0 Å². The lowest BCUT2D eigenvalue weighted by atomic mass is 9.87. The molecule has 7 heteroatoms. The van der Waals surface area contributed by atoms with Gasteiger partial charge in [0.2, 0.25) is 11.8 Å². The molecule has 0 bridgehead atoms. The van der Waals surface area contributed by atoms with Crippen LogP contribution < -0.4 is 15.5 Å². The van der Waals surface area contributed by atoms with E-state index in [1.807, 2.05) is 30.5 Å². The fourth-order valence-corrected chi connectivity index (χ4v) is 5.26. The van der Waals surface area contributed by atoms with E-state index in [0.717, 1.165) is 25.7 Å². The van der Waals surface area contributed by atoms with Crippen molar-refractivity contribution < 1.29 is 9.59 Å². The van der Waals surface area contributed by atoms with Crippen LogP contribution >= 0.6 is 11.8 Å². The van der Waals surface area contributed by atoms with Crippen molar-refractivity contribution in [1.82, 2.24) is 15.6 Å². The Kier molecular flexibility index (Phi) is 9.75. The van der Waals surface area contributed by atoms with Gasteiger partial charge >= 0.3 is 0 Å². The van der Waals surface area contributed by atoms with Gasteiger partial charge in [0.15, 0.2) is 0 Å². The average Bonchev–Trinajstić information content (AvgIpc) is 2.86. The van der Waals surface area contributed by atoms with Gasteiger partial charge in [0.05, 0.1) is 6.04 Å². The standard InChI is InChI=1S/C28H40N4O2S/c1-28(2,3)21-13-15-23(16-14-21)32(27(34)24(29-4)19-35-5)25(20-10-9-17-30-18-20)26(33)31-22-11-7-6-8-12-22/h9-10,13-18,22,24-25,29H,6-8,11-12,19H2,1-5H3,(H,31,33). The molecule has 2 aromatic rings. The number of likely N-dealkylation sites (N-methyl/N-ethyl adjacent to an activating group) is 1. The number of nitrogens with one attached hydrogen (secondary N) is 2. The van der Waals surface area contributed by atoms with E-state index in [0.29, 0.717) is 17.0 Å². The third-order valence-corrected chi connectivity index (χ3v) is 7.35. The van der Waals surface area contributed by atoms with E-state index in [4.69, 9.17) is 0 Å². The van der Waals surface area contributed by atoms with Gasteiger partial charge in [-0.1, -0.05) is 58.2 Å². The largest absolute Gasteiger partial charge is 0.351 e. The molecule has 1 aromatic heterocycles. The molecule has 1 fully saturated rings. The summed E-state index contributed by atoms with van der Waals surface area (Å²) in [6, 6.07) is 10.6. The number of amides is 2. The number of hydrogen-bond acceptors (Lipinski definition) is 5. The lowest BCUT2D eigenvalue weighted by Gasteiger charge is -2.35. The first-order valence-corrected chi connectivity index (χ1v) is 14.0. The molecule has 2 N–H and O–H groups in total. The van der Waals surface area contributed by atoms with Gasteiger partial charge in [-0.3, -0.25) is 19.5 Å². The Hall–Kier alpha value is -2.38. The van der Waals surface area contributed by atoms with Gasteiger partial charge < -0.3 is 10.6 Å². The molecule has 1 aromatic carbocycles. The van der Waals surface area contributed by atoms with E-state index < -0.39 is 12.1 Å². The van der Waals surface area contributed by atoms with E-state index in [-0.39, 0.29) is 23.3 Å². The number of aromatic nitrogens is 1. The minimum absolute atomic E-state index is 0.0131. The lowest BCUT2D eigenvalue weighted by molar-refractivity contribution is -0.127. The molecule has 0 radical (unpaired) electrons. The van der Waals surface area contributed by atoms with E-state index in [9.17, 15) is 9.59 Å². The summed E-state index contributed by atoms with van der Waals surface area (Å²) < 4.78 is 0. The van der Waals surface area contributed by atoms with Gasteiger partial charge in [0.1, 0.15) is 6.04 Å². The van der Waals surface area contributed by atoms with Gasteiger partial charge in [0, 0.05) is 35.4 Å². The first kappa shape index (κ1) is 27.2. The van der Waals surface area contributed by atoms with Crippen molar-refractivity contribution in [3.63, 3.8) is 0 Å². The minimum Gasteiger partial charge on any atom is -0.351 e. The summed E-state index contributed by atoms with van der Waals surface area (Å²) in [7, 11) is 1.79. The molecule has 1 heterocycles. The highest BCUT2D eigenvalue weighted by molar-refractivity contribution is 7.98. The molecule has 3 rings (SSSR count). The van der Waals surface area contributed by atoms with Gasteiger partial charge in [-0.25, -0.2) is 0 Å². The van der Waals surface area contributed by atoms with E-state index in [2.05, 4.69) is 48.5 Å². The van der Waals surface area contributed by atoms with E-state index in [1.165, 1.54) is 12.0 Å². The zero-order valence-electron chi connectivity index (χ0n) is 21.7. The first-order chi connectivity index (χ1) is 16.8. The summed E-state index contributed by atoms with van der Waals surface area (Å²) in [4.78, 5) is 33.8. The predicted molar refractivity (Wildman–Crippen MR) is 146 cm³/mol. The van der Waals surface area contributed by atoms with Gasteiger partial charge in [0.25, 0.3) is 0 Å². The van der Waals surface area contributed by atoms with Gasteiger partial charge in [-0.2, -0.15) is 11.8 Å². The fraction of sp³-hybridized carbons (Fsp3) is 0.536. The van der Waals surface area contributed by atoms with Crippen LogP contribution in [-0.4, -0.2) is 47.9 Å². The Morgan fingerprint density at radius 2 is 1.80 bits per heavy atom. The Morgan fingerprint density at radius 3 is 2.34 bits per heavy atom. The topological polar surface area (TPSA) is 74.3 Å². The molecule has 2 amide bonds. The van der Waals surface area contributed by atoms with E-state index in [1.54, 1.807) is 36.1 Å². The fourth-order valence-electron chi connectivity index (χ4n) is 4.62. The molecule has 1 aliphatic carbocycles. The summed E-state index contributed by atoms with van der Waals surface area (Å²) in [5, 5.41) is 6.42. The van der Waals surface area contributed by atoms with Crippen molar-refractivity contribution in [3.05, 3.63) is 59.9 Å². The second-order valence-electron chi connectivity index (χ2n) is 10.3. The molecule has 2 atom stereocenters. The number of benzene rings is 1.